The summed E-state index contributed by atoms with van der Waals surface area (Å²) in [6, 6.07) is 15.0. The largest absolute Gasteiger partial charge is 0.497 e. The topological polar surface area (TPSA) is 59.6 Å². The Balaban J connectivity index is 1.87. The van der Waals surface area contributed by atoms with Gasteiger partial charge >= 0.3 is 0 Å². The number of nitrogens with one attached hydrogen (secondary N) is 2. The van der Waals surface area contributed by atoms with Gasteiger partial charge in [0.1, 0.15) is 11.5 Å². The van der Waals surface area contributed by atoms with E-state index in [1.165, 1.54) is 5.56 Å². The molecule has 0 bridgehead atoms. The highest BCUT2D eigenvalue weighted by molar-refractivity contribution is 7.80. The first kappa shape index (κ1) is 20.7. The predicted octanol–water partition coefficient (Wildman–Crippen LogP) is 4.27. The molecule has 0 aliphatic rings. The summed E-state index contributed by atoms with van der Waals surface area (Å²) in [5.74, 6) is 1.07. The predicted molar refractivity (Wildman–Crippen MR) is 113 cm³/mol. The molecule has 0 aromatic heterocycles. The molecule has 0 radical (unpaired) electrons. The van der Waals surface area contributed by atoms with Gasteiger partial charge in [-0.1, -0.05) is 32.9 Å². The summed E-state index contributed by atoms with van der Waals surface area (Å²) in [6.07, 6.45) is -0.680. The van der Waals surface area contributed by atoms with Crippen LogP contribution in [0.15, 0.2) is 48.5 Å². The molecule has 1 unspecified atom stereocenters. The quantitative estimate of drug-likeness (QED) is 0.752. The minimum atomic E-state index is -0.680. The Labute approximate surface area is 166 Å². The van der Waals surface area contributed by atoms with Gasteiger partial charge in [-0.3, -0.25) is 10.1 Å². The van der Waals surface area contributed by atoms with Crippen molar-refractivity contribution in [2.24, 2.45) is 0 Å². The Morgan fingerprint density at radius 3 is 2.07 bits per heavy atom. The molecule has 1 atom stereocenters. The second-order valence-electron chi connectivity index (χ2n) is 7.21. The molecule has 0 aliphatic carbocycles. The van der Waals surface area contributed by atoms with Crippen molar-refractivity contribution in [1.29, 1.82) is 0 Å². The van der Waals surface area contributed by atoms with Crippen molar-refractivity contribution in [3.8, 4) is 11.5 Å². The van der Waals surface area contributed by atoms with Crippen LogP contribution in [-0.4, -0.2) is 24.2 Å². The molecular weight excluding hydrogens is 360 g/mol. The average molecular weight is 387 g/mol. The van der Waals surface area contributed by atoms with Crippen LogP contribution in [0.2, 0.25) is 0 Å². The molecule has 144 valence electrons. The van der Waals surface area contributed by atoms with E-state index in [-0.39, 0.29) is 16.4 Å². The van der Waals surface area contributed by atoms with Crippen LogP contribution in [0.1, 0.15) is 33.3 Å². The van der Waals surface area contributed by atoms with Gasteiger partial charge in [-0.15, -0.1) is 0 Å². The van der Waals surface area contributed by atoms with Crippen LogP contribution < -0.4 is 20.1 Å². The lowest BCUT2D eigenvalue weighted by Crippen LogP contribution is -2.42. The number of thiocarbonyl (C=S) groups is 1. The molecule has 0 spiro atoms. The van der Waals surface area contributed by atoms with Crippen molar-refractivity contribution in [1.82, 2.24) is 5.32 Å². The lowest BCUT2D eigenvalue weighted by atomic mass is 9.87. The number of ether oxygens (including phenoxy) is 2. The number of hydrogen-bond donors (Lipinski definition) is 2. The zero-order valence-corrected chi connectivity index (χ0v) is 17.1. The highest BCUT2D eigenvalue weighted by Gasteiger charge is 2.17. The Kier molecular flexibility index (Phi) is 6.80. The third kappa shape index (κ3) is 6.25. The Hall–Kier alpha value is -2.60. The van der Waals surface area contributed by atoms with Crippen molar-refractivity contribution in [2.75, 3.05) is 12.4 Å². The highest BCUT2D eigenvalue weighted by Crippen LogP contribution is 2.24. The fourth-order valence-corrected chi connectivity index (χ4v) is 2.56. The monoisotopic (exact) mass is 386 g/mol. The molecule has 2 rings (SSSR count). The van der Waals surface area contributed by atoms with E-state index in [9.17, 15) is 4.79 Å². The first-order valence-corrected chi connectivity index (χ1v) is 9.13. The van der Waals surface area contributed by atoms with Crippen LogP contribution in [0.5, 0.6) is 11.5 Å². The van der Waals surface area contributed by atoms with Crippen LogP contribution in [0, 0.1) is 0 Å². The normalized spacial score (nSPS) is 12.0. The van der Waals surface area contributed by atoms with Crippen LogP contribution >= 0.6 is 12.2 Å². The Bertz CT molecular complexity index is 781. The summed E-state index contributed by atoms with van der Waals surface area (Å²) in [5, 5.41) is 5.80. The molecule has 2 aromatic rings. The Morgan fingerprint density at radius 1 is 1.00 bits per heavy atom. The minimum absolute atomic E-state index is 0.0703. The highest BCUT2D eigenvalue weighted by atomic mass is 32.1. The van der Waals surface area contributed by atoms with E-state index < -0.39 is 6.10 Å². The summed E-state index contributed by atoms with van der Waals surface area (Å²) < 4.78 is 10.8. The van der Waals surface area contributed by atoms with Crippen molar-refractivity contribution >= 4 is 28.9 Å². The molecule has 2 N–H and O–H groups in total. The number of carbonyl (C=O) groups is 1. The SMILES string of the molecule is COc1ccc(NC(=S)NC(=O)C(C)Oc2ccc(C(C)(C)C)cc2)cc1. The van der Waals surface area contributed by atoms with Crippen molar-refractivity contribution in [3.05, 3.63) is 54.1 Å². The molecule has 0 heterocycles. The number of benzene rings is 2. The average Bonchev–Trinajstić information content (AvgIpc) is 2.62. The van der Waals surface area contributed by atoms with Gasteiger partial charge in [0, 0.05) is 5.69 Å². The second kappa shape index (κ2) is 8.86. The van der Waals surface area contributed by atoms with E-state index in [1.54, 1.807) is 26.2 Å². The van der Waals surface area contributed by atoms with Crippen LogP contribution in [0.25, 0.3) is 0 Å². The molecule has 0 aliphatic heterocycles. The summed E-state index contributed by atoms with van der Waals surface area (Å²) in [4.78, 5) is 12.3. The van der Waals surface area contributed by atoms with Gasteiger partial charge in [0.05, 0.1) is 7.11 Å². The summed E-state index contributed by atoms with van der Waals surface area (Å²) in [5.41, 5.74) is 2.03. The van der Waals surface area contributed by atoms with Crippen LogP contribution in [0.3, 0.4) is 0 Å². The maximum atomic E-state index is 12.3. The molecule has 6 heteroatoms. The minimum Gasteiger partial charge on any atom is -0.497 e. The van der Waals surface area contributed by atoms with E-state index in [1.807, 2.05) is 36.4 Å². The second-order valence-corrected chi connectivity index (χ2v) is 7.61. The standard InChI is InChI=1S/C21H26N2O3S/c1-14(26-18-10-6-15(7-11-18)21(2,3)4)19(24)23-20(27)22-16-8-12-17(25-5)13-9-16/h6-14H,1-5H3,(H2,22,23,24,27). The molecule has 2 aromatic carbocycles. The van der Waals surface area contributed by atoms with Crippen molar-refractivity contribution in [2.45, 2.75) is 39.2 Å². The van der Waals surface area contributed by atoms with E-state index in [2.05, 4.69) is 31.4 Å². The number of amides is 1. The number of anilines is 1. The van der Waals surface area contributed by atoms with Gasteiger partial charge in [-0.05, 0) is 66.5 Å². The number of carbonyl (C=O) groups excluding carboxylic acids is 1. The maximum absolute atomic E-state index is 12.3. The third-order valence-corrected chi connectivity index (χ3v) is 4.19. The lowest BCUT2D eigenvalue weighted by molar-refractivity contribution is -0.125. The Morgan fingerprint density at radius 2 is 1.56 bits per heavy atom. The van der Waals surface area contributed by atoms with Crippen molar-refractivity contribution < 1.29 is 14.3 Å². The third-order valence-electron chi connectivity index (χ3n) is 3.99. The zero-order chi connectivity index (χ0) is 20.0. The van der Waals surface area contributed by atoms with Gasteiger partial charge in [-0.2, -0.15) is 0 Å². The first-order chi connectivity index (χ1) is 12.7. The van der Waals surface area contributed by atoms with Crippen LogP contribution in [0.4, 0.5) is 5.69 Å². The van der Waals surface area contributed by atoms with Crippen LogP contribution in [-0.2, 0) is 10.2 Å². The summed E-state index contributed by atoms with van der Waals surface area (Å²) in [6.45, 7) is 8.13. The summed E-state index contributed by atoms with van der Waals surface area (Å²) >= 11 is 5.19. The number of hydrogen-bond acceptors (Lipinski definition) is 4. The van der Waals surface area contributed by atoms with E-state index >= 15 is 0 Å². The van der Waals surface area contributed by atoms with Gasteiger partial charge in [0.25, 0.3) is 5.91 Å². The number of methoxy groups -OCH3 is 1. The molecule has 0 saturated heterocycles. The van der Waals surface area contributed by atoms with Gasteiger partial charge in [-0.25, -0.2) is 0 Å². The van der Waals surface area contributed by atoms with E-state index in [4.69, 9.17) is 21.7 Å². The van der Waals surface area contributed by atoms with E-state index in [0.717, 1.165) is 11.4 Å². The molecule has 27 heavy (non-hydrogen) atoms. The molecule has 0 fully saturated rings. The first-order valence-electron chi connectivity index (χ1n) is 8.72. The molecule has 0 saturated carbocycles. The molecule has 1 amide bonds. The maximum Gasteiger partial charge on any atom is 0.266 e. The number of rotatable bonds is 5. The lowest BCUT2D eigenvalue weighted by Gasteiger charge is -2.20. The summed E-state index contributed by atoms with van der Waals surface area (Å²) in [7, 11) is 1.60. The van der Waals surface area contributed by atoms with Gasteiger partial charge < -0.3 is 14.8 Å². The van der Waals surface area contributed by atoms with Gasteiger partial charge in [0.2, 0.25) is 0 Å². The fourth-order valence-electron chi connectivity index (χ4n) is 2.34. The van der Waals surface area contributed by atoms with Gasteiger partial charge in [0.15, 0.2) is 11.2 Å². The van der Waals surface area contributed by atoms with Crippen molar-refractivity contribution in [3.63, 3.8) is 0 Å². The molecule has 5 nitrogen and oxygen atoms in total. The smallest absolute Gasteiger partial charge is 0.266 e. The van der Waals surface area contributed by atoms with E-state index in [0.29, 0.717) is 5.75 Å². The zero-order valence-electron chi connectivity index (χ0n) is 16.3. The molecular formula is C21H26N2O3S. The fraction of sp³-hybridized carbons (Fsp3) is 0.333.